The number of carbonyl (C=O) groups excluding carboxylic acids is 2. The van der Waals surface area contributed by atoms with E-state index in [0.29, 0.717) is 12.8 Å². The van der Waals surface area contributed by atoms with Gasteiger partial charge in [-0.3, -0.25) is 9.59 Å². The Morgan fingerprint density at radius 1 is 0.429 bits per heavy atom. The molecule has 0 saturated heterocycles. The van der Waals surface area contributed by atoms with Crippen LogP contribution in [0, 0.1) is 0 Å². The molecule has 0 aromatic rings. The van der Waals surface area contributed by atoms with Gasteiger partial charge >= 0.3 is 11.9 Å². The Hall–Kier alpha value is -1.12. The molecule has 0 spiro atoms. The zero-order chi connectivity index (χ0) is 25.7. The summed E-state index contributed by atoms with van der Waals surface area (Å²) < 4.78 is 4.95. The van der Waals surface area contributed by atoms with Crippen molar-refractivity contribution < 1.29 is 14.3 Å². The summed E-state index contributed by atoms with van der Waals surface area (Å²) in [5, 5.41) is 0. The fourth-order valence-electron chi connectivity index (χ4n) is 4.50. The van der Waals surface area contributed by atoms with Crippen molar-refractivity contribution in [2.75, 3.05) is 0 Å². The lowest BCUT2D eigenvalue weighted by Crippen LogP contribution is -2.11. The second-order valence-corrected chi connectivity index (χ2v) is 10.5. The van der Waals surface area contributed by atoms with Crippen LogP contribution in [0.2, 0.25) is 0 Å². The minimum atomic E-state index is -0.336. The van der Waals surface area contributed by atoms with Crippen LogP contribution in [0.5, 0.6) is 0 Å². The first kappa shape index (κ1) is 33.9. The molecule has 0 heterocycles. The fourth-order valence-corrected chi connectivity index (χ4v) is 4.50. The van der Waals surface area contributed by atoms with Crippen molar-refractivity contribution in [2.24, 2.45) is 0 Å². The summed E-state index contributed by atoms with van der Waals surface area (Å²) in [4.78, 5) is 23.5. The predicted molar refractivity (Wildman–Crippen MR) is 152 cm³/mol. The summed E-state index contributed by atoms with van der Waals surface area (Å²) in [6.45, 7) is 4.49. The molecule has 0 rings (SSSR count). The van der Waals surface area contributed by atoms with Crippen LogP contribution >= 0.6 is 0 Å². The molecule has 0 aliphatic carbocycles. The van der Waals surface area contributed by atoms with Crippen LogP contribution < -0.4 is 0 Å². The van der Waals surface area contributed by atoms with Crippen molar-refractivity contribution in [3.05, 3.63) is 12.2 Å². The van der Waals surface area contributed by atoms with Gasteiger partial charge in [0.1, 0.15) is 0 Å². The van der Waals surface area contributed by atoms with Crippen LogP contribution in [0.25, 0.3) is 0 Å². The van der Waals surface area contributed by atoms with Gasteiger partial charge in [-0.1, -0.05) is 142 Å². The molecule has 206 valence electrons. The van der Waals surface area contributed by atoms with Gasteiger partial charge in [-0.25, -0.2) is 0 Å². The molecule has 3 heteroatoms. The zero-order valence-corrected chi connectivity index (χ0v) is 23.8. The van der Waals surface area contributed by atoms with Crippen LogP contribution in [0.4, 0.5) is 0 Å². The van der Waals surface area contributed by atoms with E-state index < -0.39 is 0 Å². The maximum atomic E-state index is 11.8. The molecule has 0 radical (unpaired) electrons. The van der Waals surface area contributed by atoms with E-state index in [4.69, 9.17) is 4.74 Å². The molecule has 0 aliphatic rings. The molecule has 3 nitrogen and oxygen atoms in total. The van der Waals surface area contributed by atoms with Crippen LogP contribution in [-0.4, -0.2) is 11.9 Å². The van der Waals surface area contributed by atoms with Crippen molar-refractivity contribution in [3.63, 3.8) is 0 Å². The first-order valence-corrected chi connectivity index (χ1v) is 15.6. The van der Waals surface area contributed by atoms with Gasteiger partial charge in [0.25, 0.3) is 0 Å². The largest absolute Gasteiger partial charge is 0.393 e. The molecule has 0 bridgehead atoms. The van der Waals surface area contributed by atoms with E-state index in [1.54, 1.807) is 0 Å². The topological polar surface area (TPSA) is 43.4 Å². The van der Waals surface area contributed by atoms with Crippen molar-refractivity contribution in [3.8, 4) is 0 Å². The molecule has 0 amide bonds. The van der Waals surface area contributed by atoms with Gasteiger partial charge in [-0.2, -0.15) is 0 Å². The van der Waals surface area contributed by atoms with E-state index >= 15 is 0 Å². The number of unbranched alkanes of at least 4 members (excludes halogenated alkanes) is 21. The second kappa shape index (κ2) is 29.1. The Balaban J connectivity index is 3.29. The first-order chi connectivity index (χ1) is 17.2. The molecule has 0 unspecified atom stereocenters. The lowest BCUT2D eigenvalue weighted by atomic mass is 10.1. The SMILES string of the molecule is CCCCCCCC/C=C\CCCCCCCCCCCC(=O)OC(=O)CCCCCCCCC. The molecule has 0 aromatic heterocycles. The zero-order valence-electron chi connectivity index (χ0n) is 23.8. The van der Waals surface area contributed by atoms with E-state index in [1.807, 2.05) is 0 Å². The number of hydrogen-bond donors (Lipinski definition) is 0. The fraction of sp³-hybridized carbons (Fsp3) is 0.875. The summed E-state index contributed by atoms with van der Waals surface area (Å²) in [5.41, 5.74) is 0. The number of hydrogen-bond acceptors (Lipinski definition) is 3. The maximum Gasteiger partial charge on any atom is 0.313 e. The average Bonchev–Trinajstić information content (AvgIpc) is 2.85. The lowest BCUT2D eigenvalue weighted by molar-refractivity contribution is -0.159. The summed E-state index contributed by atoms with van der Waals surface area (Å²) in [6, 6.07) is 0. The van der Waals surface area contributed by atoms with Crippen LogP contribution in [0.15, 0.2) is 12.2 Å². The van der Waals surface area contributed by atoms with Crippen molar-refractivity contribution in [1.29, 1.82) is 0 Å². The van der Waals surface area contributed by atoms with E-state index in [1.165, 1.54) is 128 Å². The number of carbonyl (C=O) groups is 2. The Morgan fingerprint density at radius 2 is 0.714 bits per heavy atom. The highest BCUT2D eigenvalue weighted by Crippen LogP contribution is 2.13. The highest BCUT2D eigenvalue weighted by molar-refractivity contribution is 5.85. The van der Waals surface area contributed by atoms with Crippen LogP contribution in [0.1, 0.15) is 181 Å². The highest BCUT2D eigenvalue weighted by Gasteiger charge is 2.09. The Kier molecular flexibility index (Phi) is 28.2. The molecular formula is C32H60O3. The minimum absolute atomic E-state index is 0.334. The van der Waals surface area contributed by atoms with Crippen molar-refractivity contribution in [2.45, 2.75) is 181 Å². The van der Waals surface area contributed by atoms with Gasteiger partial charge in [-0.15, -0.1) is 0 Å². The van der Waals surface area contributed by atoms with Gasteiger partial charge in [-0.05, 0) is 38.5 Å². The minimum Gasteiger partial charge on any atom is -0.393 e. The molecular weight excluding hydrogens is 432 g/mol. The summed E-state index contributed by atoms with van der Waals surface area (Å²) in [7, 11) is 0. The van der Waals surface area contributed by atoms with Gasteiger partial charge in [0, 0.05) is 12.8 Å². The molecule has 0 atom stereocenters. The third-order valence-electron chi connectivity index (χ3n) is 6.85. The van der Waals surface area contributed by atoms with Crippen molar-refractivity contribution in [1.82, 2.24) is 0 Å². The van der Waals surface area contributed by atoms with Crippen LogP contribution in [-0.2, 0) is 14.3 Å². The third kappa shape index (κ3) is 29.0. The quantitative estimate of drug-likeness (QED) is 0.0495. The van der Waals surface area contributed by atoms with E-state index in [-0.39, 0.29) is 11.9 Å². The first-order valence-electron chi connectivity index (χ1n) is 15.6. The van der Waals surface area contributed by atoms with Gasteiger partial charge < -0.3 is 4.74 Å². The molecule has 0 fully saturated rings. The standard InChI is InChI=1S/C32H60O3/c1-3-5-7-9-11-12-13-14-15-16-17-18-19-20-21-22-24-26-28-30-32(34)35-31(33)29-27-25-23-10-8-6-4-2/h14-15H,3-13,16-30H2,1-2H3/b15-14-. The number of ether oxygens (including phenoxy) is 1. The molecule has 0 saturated carbocycles. The van der Waals surface area contributed by atoms with Crippen LogP contribution in [0.3, 0.4) is 0 Å². The predicted octanol–water partition coefficient (Wildman–Crippen LogP) is 10.8. The lowest BCUT2D eigenvalue weighted by Gasteiger charge is -2.04. The van der Waals surface area contributed by atoms with Crippen molar-refractivity contribution >= 4 is 11.9 Å². The second-order valence-electron chi connectivity index (χ2n) is 10.5. The third-order valence-corrected chi connectivity index (χ3v) is 6.85. The normalized spacial score (nSPS) is 11.4. The van der Waals surface area contributed by atoms with E-state index in [0.717, 1.165) is 25.7 Å². The van der Waals surface area contributed by atoms with Gasteiger partial charge in [0.15, 0.2) is 0 Å². The number of rotatable bonds is 27. The summed E-state index contributed by atoms with van der Waals surface area (Å²) >= 11 is 0. The molecule has 35 heavy (non-hydrogen) atoms. The van der Waals surface area contributed by atoms with Gasteiger partial charge in [0.2, 0.25) is 0 Å². The highest BCUT2D eigenvalue weighted by atomic mass is 16.6. The molecule has 0 N–H and O–H groups in total. The Bertz CT molecular complexity index is 483. The Labute approximate surface area is 219 Å². The summed E-state index contributed by atoms with van der Waals surface area (Å²) in [5.74, 6) is -0.671. The maximum absolute atomic E-state index is 11.8. The number of allylic oxidation sites excluding steroid dienone is 2. The number of esters is 2. The van der Waals surface area contributed by atoms with E-state index in [9.17, 15) is 9.59 Å². The van der Waals surface area contributed by atoms with E-state index in [2.05, 4.69) is 26.0 Å². The van der Waals surface area contributed by atoms with Gasteiger partial charge in [0.05, 0.1) is 0 Å². The Morgan fingerprint density at radius 3 is 1.06 bits per heavy atom. The molecule has 0 aromatic carbocycles. The molecule has 0 aliphatic heterocycles. The summed E-state index contributed by atoms with van der Waals surface area (Å²) in [6.07, 6.45) is 35.5. The monoisotopic (exact) mass is 492 g/mol. The smallest absolute Gasteiger partial charge is 0.313 e. The average molecular weight is 493 g/mol.